The maximum atomic E-state index is 13.1. The van der Waals surface area contributed by atoms with Gasteiger partial charge in [0.1, 0.15) is 0 Å². The van der Waals surface area contributed by atoms with Gasteiger partial charge in [-0.15, -0.1) is 11.3 Å². The van der Waals surface area contributed by atoms with E-state index in [0.717, 1.165) is 10.4 Å². The van der Waals surface area contributed by atoms with Crippen molar-refractivity contribution < 1.29 is 14.3 Å². The van der Waals surface area contributed by atoms with E-state index in [4.69, 9.17) is 31.0 Å². The fourth-order valence-corrected chi connectivity index (χ4v) is 5.11. The van der Waals surface area contributed by atoms with E-state index in [1.54, 1.807) is 32.4 Å². The average molecular weight is 542 g/mol. The van der Waals surface area contributed by atoms with E-state index >= 15 is 0 Å². The van der Waals surface area contributed by atoms with Gasteiger partial charge in [0.25, 0.3) is 5.91 Å². The summed E-state index contributed by atoms with van der Waals surface area (Å²) in [6.07, 6.45) is 0. The van der Waals surface area contributed by atoms with Gasteiger partial charge in [-0.3, -0.25) is 9.69 Å². The number of nitrogens with one attached hydrogen (secondary N) is 1. The topological polar surface area (TPSA) is 88.9 Å². The summed E-state index contributed by atoms with van der Waals surface area (Å²) in [5, 5.41) is 7.79. The molecule has 1 amide bonds. The zero-order chi connectivity index (χ0) is 26.2. The minimum absolute atomic E-state index is 0.328. The van der Waals surface area contributed by atoms with E-state index in [1.165, 1.54) is 11.3 Å². The van der Waals surface area contributed by atoms with Crippen LogP contribution in [-0.2, 0) is 0 Å². The fourth-order valence-electron chi connectivity index (χ4n) is 4.32. The lowest BCUT2D eigenvalue weighted by Gasteiger charge is -2.27. The van der Waals surface area contributed by atoms with Gasteiger partial charge in [0.15, 0.2) is 29.0 Å². The molecular weight excluding hydrogens is 522 g/mol. The highest BCUT2D eigenvalue weighted by atomic mass is 35.5. The highest BCUT2D eigenvalue weighted by Gasteiger charge is 2.30. The molecule has 8 nitrogen and oxygen atoms in total. The second-order valence-corrected chi connectivity index (χ2v) is 9.69. The fraction of sp³-hybridized carbons (Fsp3) is 0.0714. The van der Waals surface area contributed by atoms with Crippen LogP contribution in [0.15, 0.2) is 83.3 Å². The number of benzene rings is 3. The summed E-state index contributed by atoms with van der Waals surface area (Å²) >= 11 is 7.73. The van der Waals surface area contributed by atoms with Gasteiger partial charge in [-0.1, -0.05) is 29.8 Å². The van der Waals surface area contributed by atoms with Crippen molar-refractivity contribution >= 4 is 57.1 Å². The maximum Gasteiger partial charge on any atom is 0.273 e. The first-order valence-corrected chi connectivity index (χ1v) is 12.8. The number of ether oxygens (including phenoxy) is 2. The van der Waals surface area contributed by atoms with Crippen molar-refractivity contribution in [3.05, 3.63) is 94.3 Å². The number of fused-ring (bicyclic) bond motifs is 2. The second-order valence-electron chi connectivity index (χ2n) is 8.31. The first kappa shape index (κ1) is 23.9. The molecule has 1 N–H and O–H groups in total. The summed E-state index contributed by atoms with van der Waals surface area (Å²) < 4.78 is 11.2. The number of amidine groups is 1. The van der Waals surface area contributed by atoms with Crippen LogP contribution in [0, 0.1) is 0 Å². The summed E-state index contributed by atoms with van der Waals surface area (Å²) in [7, 11) is 3.16. The van der Waals surface area contributed by atoms with Gasteiger partial charge in [-0.25, -0.2) is 15.4 Å². The Hall–Kier alpha value is -4.47. The van der Waals surface area contributed by atoms with Gasteiger partial charge in [0, 0.05) is 22.0 Å². The third kappa shape index (κ3) is 4.11. The number of anilines is 2. The van der Waals surface area contributed by atoms with Crippen molar-refractivity contribution in [3.8, 4) is 22.2 Å². The number of amides is 1. The molecule has 3 aromatic carbocycles. The average Bonchev–Trinajstić information content (AvgIpc) is 3.45. The molecule has 1 aliphatic rings. The maximum absolute atomic E-state index is 13.1. The molecule has 0 radical (unpaired) electrons. The molecule has 3 heterocycles. The summed E-state index contributed by atoms with van der Waals surface area (Å²) in [4.78, 5) is 25.7. The predicted octanol–water partition coefficient (Wildman–Crippen LogP) is 6.27. The molecule has 0 unspecified atom stereocenters. The van der Waals surface area contributed by atoms with E-state index < -0.39 is 0 Å². The van der Waals surface area contributed by atoms with Gasteiger partial charge in [-0.05, 0) is 53.9 Å². The molecule has 5 aromatic rings. The zero-order valence-electron chi connectivity index (χ0n) is 20.3. The largest absolute Gasteiger partial charge is 0.493 e. The van der Waals surface area contributed by atoms with Crippen LogP contribution in [0.4, 0.5) is 11.5 Å². The molecule has 0 saturated carbocycles. The number of rotatable bonds is 5. The molecule has 0 atom stereocenters. The van der Waals surface area contributed by atoms with Crippen molar-refractivity contribution in [2.75, 3.05) is 19.1 Å². The van der Waals surface area contributed by atoms with Crippen molar-refractivity contribution in [2.45, 2.75) is 0 Å². The van der Waals surface area contributed by atoms with Gasteiger partial charge >= 0.3 is 0 Å². The number of hydrogen-bond acceptors (Lipinski definition) is 8. The van der Waals surface area contributed by atoms with Gasteiger partial charge < -0.3 is 9.47 Å². The lowest BCUT2D eigenvalue weighted by molar-refractivity contribution is 0.0956. The molecule has 10 heteroatoms. The number of hydrogen-bond donors (Lipinski definition) is 1. The van der Waals surface area contributed by atoms with Crippen LogP contribution < -0.4 is 19.8 Å². The molecule has 0 fully saturated rings. The predicted molar refractivity (Wildman–Crippen MR) is 150 cm³/mol. The number of thiophene rings is 1. The van der Waals surface area contributed by atoms with Crippen LogP contribution in [0.5, 0.6) is 11.5 Å². The molecule has 0 bridgehead atoms. The molecule has 0 saturated heterocycles. The Kier molecular flexibility index (Phi) is 6.15. The number of methoxy groups -OCH3 is 2. The molecule has 6 rings (SSSR count). The SMILES string of the molecule is COc1cc2nc(-c3cccs3)nc(N3C(c4ccc(Cl)cc4)=NNC(=O)c4ccccc43)c2cc1OC. The molecule has 188 valence electrons. The molecule has 2 aromatic heterocycles. The molecule has 0 aliphatic carbocycles. The third-order valence-electron chi connectivity index (χ3n) is 6.10. The summed E-state index contributed by atoms with van der Waals surface area (Å²) in [6, 6.07) is 22.1. The summed E-state index contributed by atoms with van der Waals surface area (Å²) in [5.41, 5.74) is 5.12. The zero-order valence-corrected chi connectivity index (χ0v) is 21.9. The molecular formula is C28H20ClN5O3S. The van der Waals surface area contributed by atoms with Gasteiger partial charge in [0.05, 0.1) is 35.9 Å². The summed E-state index contributed by atoms with van der Waals surface area (Å²) in [6.45, 7) is 0. The van der Waals surface area contributed by atoms with Crippen LogP contribution in [0.1, 0.15) is 15.9 Å². The molecule has 0 spiro atoms. The minimum atomic E-state index is -0.328. The standard InChI is InChI=1S/C28H20ClN5O3S/c1-36-22-14-19-20(15-23(22)37-2)30-25(24-8-5-13-38-24)31-27(19)34-21-7-4-3-6-18(21)28(35)33-32-26(34)16-9-11-17(29)12-10-16/h3-15H,1-2H3,(H,33,35). The van der Waals surface area contributed by atoms with Crippen LogP contribution >= 0.6 is 22.9 Å². The number of halogens is 1. The Bertz CT molecular complexity index is 1700. The number of para-hydroxylation sites is 1. The molecule has 1 aliphatic heterocycles. The number of carbonyl (C=O) groups excluding carboxylic acids is 1. The van der Waals surface area contributed by atoms with Crippen molar-refractivity contribution in [2.24, 2.45) is 5.10 Å². The number of aromatic nitrogens is 2. The number of nitrogens with zero attached hydrogens (tertiary/aromatic N) is 4. The van der Waals surface area contributed by atoms with E-state index in [9.17, 15) is 4.79 Å². The monoisotopic (exact) mass is 541 g/mol. The smallest absolute Gasteiger partial charge is 0.273 e. The van der Waals surface area contributed by atoms with Crippen LogP contribution in [0.3, 0.4) is 0 Å². The Balaban J connectivity index is 1.71. The van der Waals surface area contributed by atoms with Crippen molar-refractivity contribution in [1.29, 1.82) is 0 Å². The quantitative estimate of drug-likeness (QED) is 0.282. The second kappa shape index (κ2) is 9.77. The van der Waals surface area contributed by atoms with Gasteiger partial charge in [0.2, 0.25) is 0 Å². The Morgan fingerprint density at radius 3 is 2.42 bits per heavy atom. The van der Waals surface area contributed by atoms with E-state index in [1.807, 2.05) is 64.9 Å². The lowest BCUT2D eigenvalue weighted by atomic mass is 10.1. The van der Waals surface area contributed by atoms with Crippen LogP contribution in [0.2, 0.25) is 5.02 Å². The summed E-state index contributed by atoms with van der Waals surface area (Å²) in [5.74, 6) is 2.26. The van der Waals surface area contributed by atoms with Crippen molar-refractivity contribution in [3.63, 3.8) is 0 Å². The Morgan fingerprint density at radius 1 is 0.921 bits per heavy atom. The van der Waals surface area contributed by atoms with E-state index in [0.29, 0.717) is 56.2 Å². The third-order valence-corrected chi connectivity index (χ3v) is 7.22. The lowest BCUT2D eigenvalue weighted by Crippen LogP contribution is -2.29. The van der Waals surface area contributed by atoms with Crippen molar-refractivity contribution in [1.82, 2.24) is 15.4 Å². The normalized spacial score (nSPS) is 13.0. The Morgan fingerprint density at radius 2 is 1.68 bits per heavy atom. The van der Waals surface area contributed by atoms with E-state index in [2.05, 4.69) is 10.5 Å². The minimum Gasteiger partial charge on any atom is -0.493 e. The highest BCUT2D eigenvalue weighted by molar-refractivity contribution is 7.13. The van der Waals surface area contributed by atoms with Crippen LogP contribution in [-0.4, -0.2) is 35.9 Å². The number of hydrazone groups is 1. The highest BCUT2D eigenvalue weighted by Crippen LogP contribution is 2.41. The number of carbonyl (C=O) groups is 1. The first-order chi connectivity index (χ1) is 18.6. The Labute approximate surface area is 227 Å². The molecule has 38 heavy (non-hydrogen) atoms. The van der Waals surface area contributed by atoms with E-state index in [-0.39, 0.29) is 5.91 Å². The first-order valence-electron chi connectivity index (χ1n) is 11.6. The van der Waals surface area contributed by atoms with Gasteiger partial charge in [-0.2, -0.15) is 5.10 Å². The van der Waals surface area contributed by atoms with Crippen LogP contribution in [0.25, 0.3) is 21.6 Å².